The number of halogens is 3. The van der Waals surface area contributed by atoms with Crippen LogP contribution in [0.4, 0.5) is 18.9 Å². The molecule has 0 aliphatic heterocycles. The number of rotatable bonds is 3. The summed E-state index contributed by atoms with van der Waals surface area (Å²) in [7, 11) is 0. The van der Waals surface area contributed by atoms with Crippen LogP contribution < -0.4 is 5.32 Å². The van der Waals surface area contributed by atoms with Crippen LogP contribution in [0.3, 0.4) is 0 Å². The second kappa shape index (κ2) is 4.87. The number of alkyl halides is 3. The Morgan fingerprint density at radius 2 is 2.07 bits per heavy atom. The van der Waals surface area contributed by atoms with Crippen molar-refractivity contribution in [2.45, 2.75) is 13.1 Å². The van der Waals surface area contributed by atoms with E-state index in [1.54, 1.807) is 6.07 Å². The Bertz CT molecular complexity index is 342. The molecule has 0 aliphatic carbocycles. The van der Waals surface area contributed by atoms with Gasteiger partial charge in [-0.15, -0.1) is 0 Å². The zero-order chi connectivity index (χ0) is 11.3. The fraction of sp³-hybridized carbons (Fsp3) is 0.273. The minimum absolute atomic E-state index is 0.475. The lowest BCUT2D eigenvalue weighted by Gasteiger charge is -2.09. The molecule has 0 radical (unpaired) electrons. The van der Waals surface area contributed by atoms with E-state index >= 15 is 0 Å². The number of nitrogens with one attached hydrogen (secondary N) is 1. The maximum atomic E-state index is 12.3. The predicted molar refractivity (Wildman–Crippen MR) is 54.7 cm³/mol. The summed E-state index contributed by atoms with van der Waals surface area (Å²) in [5, 5.41) is 2.87. The lowest BCUT2D eigenvalue weighted by molar-refractivity contribution is -0.137. The minimum Gasteiger partial charge on any atom is -0.382 e. The van der Waals surface area contributed by atoms with E-state index in [-0.39, 0.29) is 0 Å². The van der Waals surface area contributed by atoms with Gasteiger partial charge in [0.1, 0.15) is 0 Å². The molecule has 82 valence electrons. The van der Waals surface area contributed by atoms with Crippen LogP contribution in [-0.4, -0.2) is 6.54 Å². The van der Waals surface area contributed by atoms with Crippen molar-refractivity contribution in [3.8, 4) is 0 Å². The van der Waals surface area contributed by atoms with Crippen molar-refractivity contribution >= 4 is 5.69 Å². The molecule has 0 bridgehead atoms. The Balaban J connectivity index is 2.75. The first-order valence-electron chi connectivity index (χ1n) is 4.56. The fourth-order valence-corrected chi connectivity index (χ4v) is 1.10. The van der Waals surface area contributed by atoms with E-state index in [9.17, 15) is 13.2 Å². The zero-order valence-electron chi connectivity index (χ0n) is 8.31. The van der Waals surface area contributed by atoms with Crippen LogP contribution >= 0.6 is 0 Å². The molecule has 0 aliphatic rings. The van der Waals surface area contributed by atoms with Gasteiger partial charge in [-0.25, -0.2) is 0 Å². The van der Waals surface area contributed by atoms with E-state index < -0.39 is 11.7 Å². The van der Waals surface area contributed by atoms with Crippen molar-refractivity contribution in [2.75, 3.05) is 11.9 Å². The molecule has 0 fully saturated rings. The van der Waals surface area contributed by atoms with Gasteiger partial charge >= 0.3 is 6.18 Å². The molecule has 4 heteroatoms. The Labute approximate surface area is 86.6 Å². The molecule has 0 spiro atoms. The highest BCUT2D eigenvalue weighted by molar-refractivity contribution is 5.46. The van der Waals surface area contributed by atoms with Crippen LogP contribution in [0.2, 0.25) is 0 Å². The summed E-state index contributed by atoms with van der Waals surface area (Å²) in [5.74, 6) is 0. The molecule has 0 heterocycles. The van der Waals surface area contributed by atoms with Crippen LogP contribution in [-0.2, 0) is 6.18 Å². The minimum atomic E-state index is -4.28. The van der Waals surface area contributed by atoms with Gasteiger partial charge in [0.2, 0.25) is 0 Å². The van der Waals surface area contributed by atoms with Gasteiger partial charge in [-0.1, -0.05) is 18.2 Å². The average molecular weight is 215 g/mol. The highest BCUT2D eigenvalue weighted by Crippen LogP contribution is 2.30. The third kappa shape index (κ3) is 3.65. The van der Waals surface area contributed by atoms with E-state index in [2.05, 4.69) is 5.32 Å². The molecule has 1 rings (SSSR count). The number of anilines is 1. The molecule has 0 saturated carbocycles. The Morgan fingerprint density at radius 3 is 2.67 bits per heavy atom. The molecule has 1 nitrogen and oxygen atoms in total. The Morgan fingerprint density at radius 1 is 1.33 bits per heavy atom. The van der Waals surface area contributed by atoms with E-state index in [4.69, 9.17) is 0 Å². The summed E-state index contributed by atoms with van der Waals surface area (Å²) in [6.45, 7) is 2.38. The summed E-state index contributed by atoms with van der Waals surface area (Å²) in [6.07, 6.45) is -0.612. The van der Waals surface area contributed by atoms with Crippen molar-refractivity contribution in [3.05, 3.63) is 42.0 Å². The molecule has 0 amide bonds. The van der Waals surface area contributed by atoms with Gasteiger partial charge in [-0.2, -0.15) is 13.2 Å². The molecule has 1 aromatic carbocycles. The van der Waals surface area contributed by atoms with Crippen LogP contribution in [0.1, 0.15) is 12.5 Å². The summed E-state index contributed by atoms with van der Waals surface area (Å²) >= 11 is 0. The molecular weight excluding hydrogens is 203 g/mol. The van der Waals surface area contributed by atoms with Crippen molar-refractivity contribution in [1.82, 2.24) is 0 Å². The second-order valence-corrected chi connectivity index (χ2v) is 3.03. The first-order chi connectivity index (χ1) is 7.04. The SMILES string of the molecule is CC=CCNc1cccc(C(F)(F)F)c1. The van der Waals surface area contributed by atoms with Crippen molar-refractivity contribution < 1.29 is 13.2 Å². The first kappa shape index (κ1) is 11.6. The van der Waals surface area contributed by atoms with E-state index in [0.29, 0.717) is 12.2 Å². The highest BCUT2D eigenvalue weighted by atomic mass is 19.4. The van der Waals surface area contributed by atoms with Crippen molar-refractivity contribution in [2.24, 2.45) is 0 Å². The zero-order valence-corrected chi connectivity index (χ0v) is 8.31. The summed E-state index contributed by atoms with van der Waals surface area (Å²) < 4.78 is 36.9. The maximum Gasteiger partial charge on any atom is 0.416 e. The van der Waals surface area contributed by atoms with Gasteiger partial charge < -0.3 is 5.32 Å². The molecule has 1 N–H and O–H groups in total. The maximum absolute atomic E-state index is 12.3. The van der Waals surface area contributed by atoms with Crippen LogP contribution in [0.15, 0.2) is 36.4 Å². The Hall–Kier alpha value is -1.45. The van der Waals surface area contributed by atoms with Gasteiger partial charge in [0.25, 0.3) is 0 Å². The average Bonchev–Trinajstić information content (AvgIpc) is 2.17. The van der Waals surface area contributed by atoms with Crippen LogP contribution in [0.5, 0.6) is 0 Å². The smallest absolute Gasteiger partial charge is 0.382 e. The lowest BCUT2D eigenvalue weighted by Crippen LogP contribution is -2.06. The fourth-order valence-electron chi connectivity index (χ4n) is 1.10. The molecule has 0 saturated heterocycles. The largest absolute Gasteiger partial charge is 0.416 e. The third-order valence-electron chi connectivity index (χ3n) is 1.85. The molecule has 1 aromatic rings. The monoisotopic (exact) mass is 215 g/mol. The van der Waals surface area contributed by atoms with Crippen LogP contribution in [0, 0.1) is 0 Å². The second-order valence-electron chi connectivity index (χ2n) is 3.03. The summed E-state index contributed by atoms with van der Waals surface area (Å²) in [5.41, 5.74) is -0.157. The predicted octanol–water partition coefficient (Wildman–Crippen LogP) is 3.69. The Kier molecular flexibility index (Phi) is 3.77. The van der Waals surface area contributed by atoms with Crippen LogP contribution in [0.25, 0.3) is 0 Å². The molecule has 0 unspecified atom stereocenters. The normalized spacial score (nSPS) is 12.0. The van der Waals surface area contributed by atoms with E-state index in [0.717, 1.165) is 12.1 Å². The number of hydrogen-bond donors (Lipinski definition) is 1. The van der Waals surface area contributed by atoms with Gasteiger partial charge in [0.05, 0.1) is 5.56 Å². The quantitative estimate of drug-likeness (QED) is 0.758. The van der Waals surface area contributed by atoms with Gasteiger partial charge in [0.15, 0.2) is 0 Å². The number of allylic oxidation sites excluding steroid dienone is 1. The summed E-state index contributed by atoms with van der Waals surface area (Å²) in [6, 6.07) is 5.16. The van der Waals surface area contributed by atoms with Gasteiger partial charge in [-0.3, -0.25) is 0 Å². The lowest BCUT2D eigenvalue weighted by atomic mass is 10.2. The van der Waals surface area contributed by atoms with Gasteiger partial charge in [0, 0.05) is 12.2 Å². The van der Waals surface area contributed by atoms with Crippen molar-refractivity contribution in [3.63, 3.8) is 0 Å². The number of hydrogen-bond acceptors (Lipinski definition) is 1. The van der Waals surface area contributed by atoms with Crippen molar-refractivity contribution in [1.29, 1.82) is 0 Å². The summed E-state index contributed by atoms with van der Waals surface area (Å²) in [4.78, 5) is 0. The molecule has 0 atom stereocenters. The molecule has 0 aromatic heterocycles. The number of benzene rings is 1. The van der Waals surface area contributed by atoms with Gasteiger partial charge in [-0.05, 0) is 25.1 Å². The topological polar surface area (TPSA) is 12.0 Å². The first-order valence-corrected chi connectivity index (χ1v) is 4.56. The highest BCUT2D eigenvalue weighted by Gasteiger charge is 2.30. The third-order valence-corrected chi connectivity index (χ3v) is 1.85. The van der Waals surface area contributed by atoms with E-state index in [1.165, 1.54) is 6.07 Å². The standard InChI is InChI=1S/C11H12F3N/c1-2-3-7-15-10-6-4-5-9(8-10)11(12,13)14/h2-6,8,15H,7H2,1H3. The molecule has 15 heavy (non-hydrogen) atoms. The van der Waals surface area contributed by atoms with E-state index in [1.807, 2.05) is 19.1 Å². The molecular formula is C11H12F3N.